The molecule has 1 aliphatic rings. The molecule has 17 heavy (non-hydrogen) atoms. The first-order chi connectivity index (χ1) is 8.38. The summed E-state index contributed by atoms with van der Waals surface area (Å²) in [6.07, 6.45) is 7.30. The molecule has 3 rings (SSSR count). The summed E-state index contributed by atoms with van der Waals surface area (Å²) in [5.74, 6) is 1.05. The van der Waals surface area contributed by atoms with Crippen molar-refractivity contribution in [3.8, 4) is 0 Å². The summed E-state index contributed by atoms with van der Waals surface area (Å²) in [5.41, 5.74) is 6.49. The molecule has 1 saturated carbocycles. The Labute approximate surface area is 100 Å². The Morgan fingerprint density at radius 1 is 1.41 bits per heavy atom. The first-order valence-electron chi connectivity index (χ1n) is 6.15. The summed E-state index contributed by atoms with van der Waals surface area (Å²) in [6, 6.07) is 4.63. The number of nitrogens with two attached hydrogens (primary N) is 1. The average molecular weight is 231 g/mol. The molecule has 0 saturated heterocycles. The van der Waals surface area contributed by atoms with Gasteiger partial charge in [0.1, 0.15) is 5.82 Å². The summed E-state index contributed by atoms with van der Waals surface area (Å²) in [7, 11) is 0. The molecule has 1 aliphatic carbocycles. The van der Waals surface area contributed by atoms with Crippen LogP contribution in [0, 0.1) is 0 Å². The van der Waals surface area contributed by atoms with Crippen LogP contribution < -0.4 is 10.6 Å². The molecule has 2 aromatic rings. The highest BCUT2D eigenvalue weighted by Crippen LogP contribution is 2.30. The van der Waals surface area contributed by atoms with Crippen molar-refractivity contribution in [1.29, 1.82) is 0 Å². The number of fused-ring (bicyclic) bond motifs is 1. The van der Waals surface area contributed by atoms with Gasteiger partial charge in [-0.05, 0) is 31.9 Å². The van der Waals surface area contributed by atoms with Crippen LogP contribution in [0.3, 0.4) is 0 Å². The summed E-state index contributed by atoms with van der Waals surface area (Å²) in [4.78, 5) is 7.01. The fourth-order valence-corrected chi connectivity index (χ4v) is 2.09. The van der Waals surface area contributed by atoms with Crippen molar-refractivity contribution in [3.05, 3.63) is 24.5 Å². The average Bonchev–Trinajstić information content (AvgIpc) is 3.07. The van der Waals surface area contributed by atoms with E-state index < -0.39 is 0 Å². The molecule has 5 heteroatoms. The zero-order chi connectivity index (χ0) is 11.7. The van der Waals surface area contributed by atoms with Gasteiger partial charge in [-0.1, -0.05) is 0 Å². The second kappa shape index (κ2) is 4.33. The molecular formula is C12H17N5. The minimum absolute atomic E-state index is 0.666. The maximum Gasteiger partial charge on any atom is 0.157 e. The summed E-state index contributed by atoms with van der Waals surface area (Å²) in [5, 5.41) is 4.16. The minimum Gasteiger partial charge on any atom is -0.353 e. The third kappa shape index (κ3) is 2.10. The van der Waals surface area contributed by atoms with Crippen molar-refractivity contribution >= 4 is 11.5 Å². The molecule has 2 aromatic heterocycles. The fourth-order valence-electron chi connectivity index (χ4n) is 2.09. The van der Waals surface area contributed by atoms with Crippen LogP contribution in [0.15, 0.2) is 24.5 Å². The molecule has 0 amide bonds. The van der Waals surface area contributed by atoms with Crippen LogP contribution in [0.5, 0.6) is 0 Å². The summed E-state index contributed by atoms with van der Waals surface area (Å²) in [6.45, 7) is 1.73. The van der Waals surface area contributed by atoms with Gasteiger partial charge in [0.25, 0.3) is 0 Å². The number of nitrogens with zero attached hydrogens (tertiary/aromatic N) is 4. The Kier molecular flexibility index (Phi) is 2.68. The van der Waals surface area contributed by atoms with Crippen molar-refractivity contribution in [2.75, 3.05) is 18.0 Å². The van der Waals surface area contributed by atoms with Crippen molar-refractivity contribution in [3.63, 3.8) is 0 Å². The zero-order valence-corrected chi connectivity index (χ0v) is 9.79. The van der Waals surface area contributed by atoms with Gasteiger partial charge in [0, 0.05) is 24.8 Å². The van der Waals surface area contributed by atoms with E-state index in [0.717, 1.165) is 31.0 Å². The largest absolute Gasteiger partial charge is 0.353 e. The zero-order valence-electron chi connectivity index (χ0n) is 9.79. The predicted octanol–water partition coefficient (Wildman–Crippen LogP) is 1.05. The Morgan fingerprint density at radius 3 is 3.06 bits per heavy atom. The standard InChI is InChI=1S/C12H17N5/c13-6-1-8-16(10-2-3-10)11-5-9-17-12(15-11)4-7-14-17/h4-5,7,9-10H,1-3,6,8,13H2. The lowest BCUT2D eigenvalue weighted by Crippen LogP contribution is -2.29. The highest BCUT2D eigenvalue weighted by molar-refractivity contribution is 5.48. The van der Waals surface area contributed by atoms with Gasteiger partial charge < -0.3 is 10.6 Å². The van der Waals surface area contributed by atoms with E-state index in [0.29, 0.717) is 6.04 Å². The SMILES string of the molecule is NCCCN(c1ccn2nccc2n1)C1CC1. The van der Waals surface area contributed by atoms with Gasteiger partial charge in [-0.15, -0.1) is 0 Å². The van der Waals surface area contributed by atoms with Crippen LogP contribution in [0.1, 0.15) is 19.3 Å². The van der Waals surface area contributed by atoms with Gasteiger partial charge in [0.15, 0.2) is 5.65 Å². The quantitative estimate of drug-likeness (QED) is 0.835. The lowest BCUT2D eigenvalue weighted by molar-refractivity contribution is 0.721. The molecule has 0 aliphatic heterocycles. The second-order valence-electron chi connectivity index (χ2n) is 4.49. The van der Waals surface area contributed by atoms with E-state index in [2.05, 4.69) is 15.0 Å². The lowest BCUT2D eigenvalue weighted by Gasteiger charge is -2.23. The van der Waals surface area contributed by atoms with Crippen LogP contribution in [0.4, 0.5) is 5.82 Å². The van der Waals surface area contributed by atoms with Crippen LogP contribution in [0.2, 0.25) is 0 Å². The molecule has 0 spiro atoms. The lowest BCUT2D eigenvalue weighted by atomic mass is 10.3. The molecule has 0 atom stereocenters. The number of aromatic nitrogens is 3. The molecule has 2 heterocycles. The molecule has 0 bridgehead atoms. The van der Waals surface area contributed by atoms with E-state index >= 15 is 0 Å². The predicted molar refractivity (Wildman–Crippen MR) is 67.0 cm³/mol. The Hall–Kier alpha value is -1.62. The minimum atomic E-state index is 0.666. The molecule has 0 unspecified atom stereocenters. The van der Waals surface area contributed by atoms with Gasteiger partial charge in [-0.25, -0.2) is 9.50 Å². The Bertz CT molecular complexity index is 502. The number of hydrogen-bond acceptors (Lipinski definition) is 4. The number of anilines is 1. The van der Waals surface area contributed by atoms with Crippen LogP contribution in [-0.4, -0.2) is 33.7 Å². The summed E-state index contributed by atoms with van der Waals surface area (Å²) >= 11 is 0. The van der Waals surface area contributed by atoms with Gasteiger partial charge in [-0.3, -0.25) is 0 Å². The smallest absolute Gasteiger partial charge is 0.157 e. The third-order valence-electron chi connectivity index (χ3n) is 3.13. The first-order valence-corrected chi connectivity index (χ1v) is 6.15. The molecule has 2 N–H and O–H groups in total. The van der Waals surface area contributed by atoms with E-state index in [1.165, 1.54) is 12.8 Å². The molecule has 5 nitrogen and oxygen atoms in total. The maximum absolute atomic E-state index is 5.59. The topological polar surface area (TPSA) is 59.5 Å². The molecule has 0 aromatic carbocycles. The monoisotopic (exact) mass is 231 g/mol. The van der Waals surface area contributed by atoms with Crippen molar-refractivity contribution in [2.24, 2.45) is 5.73 Å². The van der Waals surface area contributed by atoms with E-state index in [1.54, 1.807) is 10.7 Å². The number of rotatable bonds is 5. The highest BCUT2D eigenvalue weighted by Gasteiger charge is 2.29. The van der Waals surface area contributed by atoms with Crippen molar-refractivity contribution < 1.29 is 0 Å². The molecule has 0 radical (unpaired) electrons. The first kappa shape index (κ1) is 10.5. The van der Waals surface area contributed by atoms with E-state index in [9.17, 15) is 0 Å². The van der Waals surface area contributed by atoms with Gasteiger partial charge in [-0.2, -0.15) is 5.10 Å². The summed E-state index contributed by atoms with van der Waals surface area (Å²) < 4.78 is 1.79. The van der Waals surface area contributed by atoms with Gasteiger partial charge >= 0.3 is 0 Å². The van der Waals surface area contributed by atoms with Crippen LogP contribution >= 0.6 is 0 Å². The molecule has 1 fully saturated rings. The van der Waals surface area contributed by atoms with E-state index in [-0.39, 0.29) is 0 Å². The van der Waals surface area contributed by atoms with Crippen molar-refractivity contribution in [1.82, 2.24) is 14.6 Å². The third-order valence-corrected chi connectivity index (χ3v) is 3.13. The number of hydrogen-bond donors (Lipinski definition) is 1. The Balaban J connectivity index is 1.87. The van der Waals surface area contributed by atoms with Gasteiger partial charge in [0.05, 0.1) is 6.20 Å². The molecular weight excluding hydrogens is 214 g/mol. The van der Waals surface area contributed by atoms with Crippen LogP contribution in [0.25, 0.3) is 5.65 Å². The van der Waals surface area contributed by atoms with Crippen LogP contribution in [-0.2, 0) is 0 Å². The fraction of sp³-hybridized carbons (Fsp3) is 0.500. The second-order valence-corrected chi connectivity index (χ2v) is 4.49. The van der Waals surface area contributed by atoms with E-state index in [1.807, 2.05) is 18.3 Å². The Morgan fingerprint density at radius 2 is 2.29 bits per heavy atom. The van der Waals surface area contributed by atoms with E-state index in [4.69, 9.17) is 5.73 Å². The highest BCUT2D eigenvalue weighted by atomic mass is 15.3. The normalized spacial score (nSPS) is 15.4. The maximum atomic E-state index is 5.59. The molecule has 90 valence electrons. The van der Waals surface area contributed by atoms with Gasteiger partial charge in [0.2, 0.25) is 0 Å². The van der Waals surface area contributed by atoms with Crippen molar-refractivity contribution in [2.45, 2.75) is 25.3 Å².